The van der Waals surface area contributed by atoms with Crippen LogP contribution in [0.3, 0.4) is 0 Å². The Morgan fingerprint density at radius 2 is 0.291 bits per heavy atom. The fraction of sp³-hybridized carbons (Fsp3) is 0. The summed E-state index contributed by atoms with van der Waals surface area (Å²) in [6.45, 7) is 0. The summed E-state index contributed by atoms with van der Waals surface area (Å²) < 4.78 is 5.66. The summed E-state index contributed by atoms with van der Waals surface area (Å²) in [4.78, 5) is 0. The Morgan fingerprint density at radius 1 is 0.114 bits per heavy atom. The smallest absolute Gasteiger partial charge is 0.208 e. The third-order valence-corrected chi connectivity index (χ3v) is 13.3. The molecule has 0 atom stereocenters. The van der Waals surface area contributed by atoms with E-state index in [2.05, 4.69) is 0 Å². The molecule has 0 aliphatic carbocycles. The van der Waals surface area contributed by atoms with Crippen molar-refractivity contribution in [2.75, 3.05) is 0 Å². The normalized spacial score (nSPS) is 11.8. The molecule has 1 aromatic heterocycles. The molecule has 408 valence electrons. The van der Waals surface area contributed by atoms with Crippen molar-refractivity contribution in [3.63, 3.8) is 0 Å². The molecule has 9 aromatic carbocycles. The average molecular weight is 1100 g/mol. The van der Waals surface area contributed by atoms with Crippen LogP contribution in [-0.4, -0.2) is 153 Å². The number of benzene rings is 9. The zero-order valence-corrected chi connectivity index (χ0v) is 37.8. The molecule has 0 spiro atoms. The molecule has 10 aromatic rings. The number of rotatable bonds is 4. The molecule has 30 N–H and O–H groups in total. The molecule has 31 nitrogen and oxygen atoms in total. The number of fused-ring (bicyclic) bond motifs is 7. The molecule has 0 radical (unpaired) electrons. The molecule has 0 bridgehead atoms. The van der Waals surface area contributed by atoms with Crippen LogP contribution in [0.25, 0.3) is 98.8 Å². The Labute approximate surface area is 428 Å². The van der Waals surface area contributed by atoms with E-state index in [1.807, 2.05) is 0 Å². The van der Waals surface area contributed by atoms with Gasteiger partial charge in [-0.1, -0.05) is 0 Å². The van der Waals surface area contributed by atoms with Crippen molar-refractivity contribution in [3.8, 4) is 217 Å². The minimum absolute atomic E-state index is 1.05. The molecule has 0 aliphatic heterocycles. The standard InChI is InChI=1S/C48H30O31/c49-17-3-1(7-8-15-34(66)30(62)14-16(35(67)43(75)40(72)33(14)65)47(15)79-48(8)46(78)44(76)21(7)53)4-6(20(52)39(71)37(69)18(4)50)2(5(3)19(51)38(70)36(17)68)9-22(54)24(56)10(25(57)23(9)55)11-26(58)28(60)12(29(61)27(11)59)13-31(63)41(73)45(77)42(74)32(13)64/h49-78H. The Morgan fingerprint density at radius 3 is 0.620 bits per heavy atom. The molecule has 0 saturated heterocycles. The Hall–Kier alpha value is -12.4. The number of phenolic OH excluding ortho intramolecular Hbond substituents is 30. The van der Waals surface area contributed by atoms with Gasteiger partial charge in [-0.25, -0.2) is 0 Å². The molecule has 79 heavy (non-hydrogen) atoms. The predicted molar refractivity (Wildman–Crippen MR) is 258 cm³/mol. The van der Waals surface area contributed by atoms with Gasteiger partial charge in [0.2, 0.25) is 63.2 Å². The van der Waals surface area contributed by atoms with Gasteiger partial charge in [-0.05, 0) is 0 Å². The zero-order chi connectivity index (χ0) is 58.4. The van der Waals surface area contributed by atoms with E-state index in [4.69, 9.17) is 4.42 Å². The van der Waals surface area contributed by atoms with Gasteiger partial charge in [0.25, 0.3) is 0 Å². The van der Waals surface area contributed by atoms with Gasteiger partial charge < -0.3 is 158 Å². The van der Waals surface area contributed by atoms with Gasteiger partial charge in [-0.15, -0.1) is 0 Å². The minimum Gasteiger partial charge on any atom is -0.504 e. The number of furan rings is 1. The summed E-state index contributed by atoms with van der Waals surface area (Å²) in [5.41, 5.74) is -14.6. The van der Waals surface area contributed by atoms with Crippen molar-refractivity contribution >= 4 is 54.3 Å². The first-order chi connectivity index (χ1) is 36.8. The van der Waals surface area contributed by atoms with E-state index in [1.165, 1.54) is 0 Å². The van der Waals surface area contributed by atoms with Crippen LogP contribution in [0.5, 0.6) is 172 Å². The van der Waals surface area contributed by atoms with E-state index in [9.17, 15) is 153 Å². The highest BCUT2D eigenvalue weighted by molar-refractivity contribution is 6.35. The van der Waals surface area contributed by atoms with Crippen molar-refractivity contribution in [1.29, 1.82) is 0 Å². The number of hydrogen-bond acceptors (Lipinski definition) is 31. The first-order valence-electron chi connectivity index (χ1n) is 21.1. The minimum atomic E-state index is -1.98. The Balaban J connectivity index is 1.43. The van der Waals surface area contributed by atoms with Crippen molar-refractivity contribution in [1.82, 2.24) is 0 Å². The summed E-state index contributed by atoms with van der Waals surface area (Å²) in [6.07, 6.45) is 0. The first-order valence-corrected chi connectivity index (χ1v) is 21.1. The summed E-state index contributed by atoms with van der Waals surface area (Å²) in [5.74, 6) is -52.1. The lowest BCUT2D eigenvalue weighted by atomic mass is 9.81. The van der Waals surface area contributed by atoms with E-state index in [0.29, 0.717) is 0 Å². The van der Waals surface area contributed by atoms with Crippen molar-refractivity contribution in [2.24, 2.45) is 0 Å². The van der Waals surface area contributed by atoms with E-state index >= 15 is 0 Å². The molecule has 31 heteroatoms. The second kappa shape index (κ2) is 15.6. The maximum absolute atomic E-state index is 11.9. The second-order valence-corrected chi connectivity index (χ2v) is 17.2. The van der Waals surface area contributed by atoms with Crippen LogP contribution in [0.4, 0.5) is 0 Å². The number of phenols is 30. The monoisotopic (exact) mass is 1100 g/mol. The van der Waals surface area contributed by atoms with Crippen molar-refractivity contribution < 1.29 is 158 Å². The van der Waals surface area contributed by atoms with E-state index in [0.717, 1.165) is 0 Å². The summed E-state index contributed by atoms with van der Waals surface area (Å²) in [6, 6.07) is 0. The average Bonchev–Trinajstić information content (AvgIpc) is 4.04. The van der Waals surface area contributed by atoms with Crippen molar-refractivity contribution in [2.45, 2.75) is 0 Å². The van der Waals surface area contributed by atoms with Crippen LogP contribution in [-0.2, 0) is 0 Å². The molecule has 0 saturated carbocycles. The van der Waals surface area contributed by atoms with Crippen LogP contribution in [0, 0.1) is 0 Å². The molecule has 1 heterocycles. The van der Waals surface area contributed by atoms with Crippen LogP contribution < -0.4 is 0 Å². The van der Waals surface area contributed by atoms with Crippen LogP contribution in [0.1, 0.15) is 0 Å². The van der Waals surface area contributed by atoms with Gasteiger partial charge in [0.1, 0.15) is 0 Å². The molecule has 0 unspecified atom stereocenters. The molecule has 10 rings (SSSR count). The highest BCUT2D eigenvalue weighted by Gasteiger charge is 2.42. The topological polar surface area (TPSA) is 620 Å². The Kier molecular flexibility index (Phi) is 9.86. The van der Waals surface area contributed by atoms with Crippen LogP contribution >= 0.6 is 0 Å². The predicted octanol–water partition coefficient (Wildman–Crippen LogP) is 4.88. The fourth-order valence-corrected chi connectivity index (χ4v) is 9.71. The lowest BCUT2D eigenvalue weighted by Gasteiger charge is -2.25. The molecule has 0 fully saturated rings. The molecule has 0 aliphatic rings. The number of hydrogen-bond donors (Lipinski definition) is 30. The highest BCUT2D eigenvalue weighted by atomic mass is 16.4. The summed E-state index contributed by atoms with van der Waals surface area (Å²) in [5, 5.41) is 324. The zero-order valence-electron chi connectivity index (χ0n) is 37.8. The van der Waals surface area contributed by atoms with Gasteiger partial charge in [0.15, 0.2) is 120 Å². The van der Waals surface area contributed by atoms with Gasteiger partial charge in [0, 0.05) is 43.6 Å². The molecular weight excluding hydrogens is 1070 g/mol. The lowest BCUT2D eigenvalue weighted by Crippen LogP contribution is -1.97. The van der Waals surface area contributed by atoms with Crippen LogP contribution in [0.15, 0.2) is 4.42 Å². The quantitative estimate of drug-likeness (QED) is 0.0634. The van der Waals surface area contributed by atoms with Gasteiger partial charge in [-0.3, -0.25) is 0 Å². The highest BCUT2D eigenvalue weighted by Crippen LogP contribution is 2.71. The van der Waals surface area contributed by atoms with Crippen molar-refractivity contribution in [3.05, 3.63) is 0 Å². The summed E-state index contributed by atoms with van der Waals surface area (Å²) >= 11 is 0. The van der Waals surface area contributed by atoms with Crippen LogP contribution in [0.2, 0.25) is 0 Å². The largest absolute Gasteiger partial charge is 0.504 e. The second-order valence-electron chi connectivity index (χ2n) is 17.2. The third-order valence-electron chi connectivity index (χ3n) is 13.3. The Bertz CT molecular complexity index is 4420. The van der Waals surface area contributed by atoms with Gasteiger partial charge in [0.05, 0.1) is 44.0 Å². The van der Waals surface area contributed by atoms with E-state index in [1.54, 1.807) is 0 Å². The summed E-state index contributed by atoms with van der Waals surface area (Å²) in [7, 11) is 0. The fourth-order valence-electron chi connectivity index (χ4n) is 9.71. The number of aromatic hydroxyl groups is 30. The first kappa shape index (κ1) is 50.1. The molecular formula is C48H30O31. The van der Waals surface area contributed by atoms with E-state index < -0.39 is 271 Å². The maximum Gasteiger partial charge on any atom is 0.208 e. The SMILES string of the molecule is Oc1c(O)c(O)c(-c2c(O)c(O)c(-c3c(O)c(O)c(-c4c5c(O)c(O)c(O)c(O)c5c(-c5c(O)c(O)c(O)c6oc7c8c(O)c(O)c(O)c(O)c8c(O)c(O)c7c56)c5c(O)c(O)c(O)c(O)c45)c(O)c3O)c(O)c2O)c(O)c1O. The van der Waals surface area contributed by atoms with Gasteiger partial charge in [-0.2, -0.15) is 0 Å². The van der Waals surface area contributed by atoms with E-state index in [-0.39, 0.29) is 0 Å². The molecule has 0 amide bonds. The lowest BCUT2D eigenvalue weighted by molar-refractivity contribution is 0.329. The third kappa shape index (κ3) is 5.70. The van der Waals surface area contributed by atoms with Gasteiger partial charge >= 0.3 is 0 Å². The maximum atomic E-state index is 11.9.